The fraction of sp³-hybridized carbons (Fsp3) is 0.350. The number of hydrogen-bond donors (Lipinski definition) is 4. The molecule has 1 aliphatic heterocycles. The number of nitrogens with zero attached hydrogens (tertiary/aromatic N) is 3. The minimum atomic E-state index is -1.52. The van der Waals surface area contributed by atoms with Gasteiger partial charge < -0.3 is 29.9 Å². The average molecular weight is 471 g/mol. The number of aliphatic hydroxyl groups excluding tert-OH is 3. The standard InChI is InChI=1S/C20H20F2N4O5.ClH/c1-9(27)7-23-18-11-4-5-26(19(11)25-8-24-18)20-16(30)15(29)17(31-20)14(28)10-2-3-12(21)13(22)6-10;/h2-6,8,14-17,20,28-30H,7H2,1H3,(H,23,24,25);1H/t14?,15-,16+,17+,20+;/m0./s1. The first-order chi connectivity index (χ1) is 14.8. The van der Waals surface area contributed by atoms with Crippen LogP contribution in [0, 0.1) is 11.6 Å². The number of halogens is 3. The number of nitrogens with one attached hydrogen (secondary N) is 1. The van der Waals surface area contributed by atoms with Crippen LogP contribution in [0.4, 0.5) is 14.6 Å². The summed E-state index contributed by atoms with van der Waals surface area (Å²) < 4.78 is 33.9. The maximum absolute atomic E-state index is 13.5. The summed E-state index contributed by atoms with van der Waals surface area (Å²) in [4.78, 5) is 19.5. The fourth-order valence-corrected chi connectivity index (χ4v) is 3.59. The van der Waals surface area contributed by atoms with E-state index in [0.29, 0.717) is 16.9 Å². The van der Waals surface area contributed by atoms with Crippen molar-refractivity contribution in [1.82, 2.24) is 14.5 Å². The highest BCUT2D eigenvalue weighted by atomic mass is 35.5. The Morgan fingerprint density at radius 1 is 1.22 bits per heavy atom. The average Bonchev–Trinajstić information content (AvgIpc) is 3.29. The minimum Gasteiger partial charge on any atom is -0.387 e. The second-order valence-corrected chi connectivity index (χ2v) is 7.33. The lowest BCUT2D eigenvalue weighted by atomic mass is 9.99. The molecule has 5 atom stereocenters. The number of ketones is 1. The van der Waals surface area contributed by atoms with Crippen molar-refractivity contribution in [2.75, 3.05) is 11.9 Å². The number of fused-ring (bicyclic) bond motifs is 1. The maximum Gasteiger partial charge on any atom is 0.164 e. The van der Waals surface area contributed by atoms with Crippen LogP contribution in [0.3, 0.4) is 0 Å². The van der Waals surface area contributed by atoms with Crippen LogP contribution < -0.4 is 5.32 Å². The molecule has 0 aliphatic carbocycles. The molecule has 0 spiro atoms. The molecule has 1 unspecified atom stereocenters. The van der Waals surface area contributed by atoms with Crippen molar-refractivity contribution in [1.29, 1.82) is 0 Å². The number of hydrogen-bond acceptors (Lipinski definition) is 8. The topological polar surface area (TPSA) is 130 Å². The molecule has 0 bridgehead atoms. The van der Waals surface area contributed by atoms with Gasteiger partial charge in [0.05, 0.1) is 11.9 Å². The summed E-state index contributed by atoms with van der Waals surface area (Å²) in [6, 6.07) is 4.49. The Balaban J connectivity index is 0.00000289. The van der Waals surface area contributed by atoms with Crippen LogP contribution in [0.5, 0.6) is 0 Å². The molecular weight excluding hydrogens is 450 g/mol. The van der Waals surface area contributed by atoms with Gasteiger partial charge in [0.1, 0.15) is 48.0 Å². The molecule has 12 heteroatoms. The zero-order chi connectivity index (χ0) is 22.3. The lowest BCUT2D eigenvalue weighted by molar-refractivity contribution is -0.115. The number of ether oxygens (including phenoxy) is 1. The predicted molar refractivity (Wildman–Crippen MR) is 111 cm³/mol. The van der Waals surface area contributed by atoms with E-state index in [-0.39, 0.29) is 30.3 Å². The highest BCUT2D eigenvalue weighted by molar-refractivity contribution is 5.89. The SMILES string of the molecule is CC(=O)CNc1ncnc2c1ccn2[C@@H]1O[C@H](C(O)c2ccc(F)c(F)c2)[C@@H](O)[C@H]1O.Cl. The largest absolute Gasteiger partial charge is 0.387 e. The second-order valence-electron chi connectivity index (χ2n) is 7.33. The number of aliphatic hydroxyl groups is 3. The molecular formula is C20H21ClF2N4O5. The van der Waals surface area contributed by atoms with Gasteiger partial charge in [-0.15, -0.1) is 12.4 Å². The number of carbonyl (C=O) groups excluding carboxylic acids is 1. The summed E-state index contributed by atoms with van der Waals surface area (Å²) in [7, 11) is 0. The summed E-state index contributed by atoms with van der Waals surface area (Å²) in [6.45, 7) is 1.50. The first-order valence-corrected chi connectivity index (χ1v) is 9.47. The molecule has 2 aromatic heterocycles. The van der Waals surface area contributed by atoms with Gasteiger partial charge in [0.2, 0.25) is 0 Å². The van der Waals surface area contributed by atoms with Crippen molar-refractivity contribution >= 4 is 35.0 Å². The number of benzene rings is 1. The van der Waals surface area contributed by atoms with Crippen LogP contribution in [0.15, 0.2) is 36.8 Å². The van der Waals surface area contributed by atoms with Crippen molar-refractivity contribution in [3.05, 3.63) is 54.0 Å². The van der Waals surface area contributed by atoms with E-state index in [1.54, 1.807) is 12.3 Å². The van der Waals surface area contributed by atoms with Gasteiger partial charge in [-0.05, 0) is 30.7 Å². The first kappa shape index (κ1) is 24.0. The van der Waals surface area contributed by atoms with E-state index in [1.807, 2.05) is 0 Å². The molecule has 1 saturated heterocycles. The molecule has 3 heterocycles. The van der Waals surface area contributed by atoms with E-state index in [4.69, 9.17) is 4.74 Å². The molecule has 0 radical (unpaired) electrons. The normalized spacial score (nSPS) is 23.7. The van der Waals surface area contributed by atoms with E-state index >= 15 is 0 Å². The first-order valence-electron chi connectivity index (χ1n) is 9.47. The number of aromatic nitrogens is 3. The van der Waals surface area contributed by atoms with Gasteiger partial charge in [-0.1, -0.05) is 6.07 Å². The number of carbonyl (C=O) groups is 1. The van der Waals surface area contributed by atoms with Gasteiger partial charge in [0.15, 0.2) is 17.9 Å². The quantitative estimate of drug-likeness (QED) is 0.426. The molecule has 3 aromatic rings. The van der Waals surface area contributed by atoms with Gasteiger partial charge in [-0.3, -0.25) is 4.79 Å². The molecule has 32 heavy (non-hydrogen) atoms. The minimum absolute atomic E-state index is 0. The molecule has 9 nitrogen and oxygen atoms in total. The molecule has 4 rings (SSSR count). The van der Waals surface area contributed by atoms with Crippen LogP contribution in [-0.2, 0) is 9.53 Å². The smallest absolute Gasteiger partial charge is 0.164 e. The zero-order valence-corrected chi connectivity index (χ0v) is 17.5. The molecule has 172 valence electrons. The summed E-state index contributed by atoms with van der Waals surface area (Å²) in [5, 5.41) is 35.0. The monoisotopic (exact) mass is 470 g/mol. The highest BCUT2D eigenvalue weighted by Crippen LogP contribution is 2.38. The highest BCUT2D eigenvalue weighted by Gasteiger charge is 2.47. The van der Waals surface area contributed by atoms with E-state index < -0.39 is 42.3 Å². The number of anilines is 1. The van der Waals surface area contributed by atoms with Gasteiger partial charge in [-0.2, -0.15) is 0 Å². The molecule has 1 aromatic carbocycles. The Morgan fingerprint density at radius 3 is 2.66 bits per heavy atom. The fourth-order valence-electron chi connectivity index (χ4n) is 3.59. The Labute approximate surface area is 187 Å². The number of Topliss-reactive ketones (excluding diaryl/α,β-unsaturated/α-hetero) is 1. The van der Waals surface area contributed by atoms with E-state index in [1.165, 1.54) is 23.9 Å². The van der Waals surface area contributed by atoms with Gasteiger partial charge >= 0.3 is 0 Å². The third-order valence-electron chi connectivity index (χ3n) is 5.16. The van der Waals surface area contributed by atoms with Crippen LogP contribution >= 0.6 is 12.4 Å². The van der Waals surface area contributed by atoms with Gasteiger partial charge in [-0.25, -0.2) is 18.7 Å². The summed E-state index contributed by atoms with van der Waals surface area (Å²) in [5.74, 6) is -1.91. The Bertz CT molecular complexity index is 1130. The van der Waals surface area contributed by atoms with Crippen LogP contribution in [0.2, 0.25) is 0 Å². The lowest BCUT2D eigenvalue weighted by Crippen LogP contribution is -2.34. The Hall–Kier alpha value is -2.70. The maximum atomic E-state index is 13.5. The van der Waals surface area contributed by atoms with Crippen molar-refractivity contribution in [2.24, 2.45) is 0 Å². The third kappa shape index (κ3) is 4.30. The molecule has 1 fully saturated rings. The second kappa shape index (κ2) is 9.43. The van der Waals surface area contributed by atoms with Crippen molar-refractivity contribution in [3.8, 4) is 0 Å². The van der Waals surface area contributed by atoms with Gasteiger partial charge in [0, 0.05) is 6.20 Å². The molecule has 1 aliphatic rings. The van der Waals surface area contributed by atoms with Crippen LogP contribution in [0.1, 0.15) is 24.8 Å². The molecule has 4 N–H and O–H groups in total. The Kier molecular flexibility index (Phi) is 7.06. The van der Waals surface area contributed by atoms with E-state index in [2.05, 4.69) is 15.3 Å². The number of rotatable bonds is 6. The lowest BCUT2D eigenvalue weighted by Gasteiger charge is -2.21. The van der Waals surface area contributed by atoms with Crippen molar-refractivity contribution in [2.45, 2.75) is 37.6 Å². The van der Waals surface area contributed by atoms with Crippen molar-refractivity contribution < 1.29 is 33.6 Å². The van der Waals surface area contributed by atoms with E-state index in [0.717, 1.165) is 12.1 Å². The molecule has 0 saturated carbocycles. The van der Waals surface area contributed by atoms with Crippen molar-refractivity contribution in [3.63, 3.8) is 0 Å². The van der Waals surface area contributed by atoms with Gasteiger partial charge in [0.25, 0.3) is 0 Å². The van der Waals surface area contributed by atoms with Crippen LogP contribution in [0.25, 0.3) is 11.0 Å². The predicted octanol–water partition coefficient (Wildman–Crippen LogP) is 1.48. The zero-order valence-electron chi connectivity index (χ0n) is 16.7. The summed E-state index contributed by atoms with van der Waals surface area (Å²) in [5.41, 5.74) is 0.353. The molecule has 0 amide bonds. The van der Waals surface area contributed by atoms with Crippen LogP contribution in [-0.4, -0.2) is 60.5 Å². The summed E-state index contributed by atoms with van der Waals surface area (Å²) in [6.07, 6.45) is -4.06. The summed E-state index contributed by atoms with van der Waals surface area (Å²) >= 11 is 0. The Morgan fingerprint density at radius 2 is 1.97 bits per heavy atom. The third-order valence-corrected chi connectivity index (χ3v) is 5.16. The van der Waals surface area contributed by atoms with E-state index in [9.17, 15) is 28.9 Å².